The summed E-state index contributed by atoms with van der Waals surface area (Å²) in [5, 5.41) is 27.4. The lowest BCUT2D eigenvalue weighted by Gasteiger charge is -2.15. The number of hydrogen-bond acceptors (Lipinski definition) is 5. The molecule has 2 unspecified atom stereocenters. The molecule has 0 amide bonds. The number of hydrogen-bond donors (Lipinski definition) is 3. The van der Waals surface area contributed by atoms with E-state index in [1.807, 2.05) is 6.92 Å². The topological polar surface area (TPSA) is 82.8 Å². The summed E-state index contributed by atoms with van der Waals surface area (Å²) in [5.41, 5.74) is 0.444. The summed E-state index contributed by atoms with van der Waals surface area (Å²) in [5.74, 6) is 0.465. The van der Waals surface area contributed by atoms with E-state index in [1.165, 1.54) is 6.20 Å². The van der Waals surface area contributed by atoms with E-state index in [0.717, 1.165) is 0 Å². The van der Waals surface area contributed by atoms with Gasteiger partial charge in [0.25, 0.3) is 0 Å². The SMILES string of the molecule is CCOc1ccc(C(O)C(O)CO)cn1. The Hall–Kier alpha value is -1.17. The maximum Gasteiger partial charge on any atom is 0.213 e. The van der Waals surface area contributed by atoms with Crippen LogP contribution in [0.5, 0.6) is 5.88 Å². The third-order valence-corrected chi connectivity index (χ3v) is 1.94. The monoisotopic (exact) mass is 213 g/mol. The highest BCUT2D eigenvalue weighted by atomic mass is 16.5. The minimum absolute atomic E-state index is 0.444. The van der Waals surface area contributed by atoms with Gasteiger partial charge in [-0.05, 0) is 13.0 Å². The van der Waals surface area contributed by atoms with Gasteiger partial charge in [-0.3, -0.25) is 0 Å². The molecule has 1 aromatic heterocycles. The van der Waals surface area contributed by atoms with Gasteiger partial charge in [-0.1, -0.05) is 0 Å². The van der Waals surface area contributed by atoms with Crippen molar-refractivity contribution in [2.24, 2.45) is 0 Å². The Morgan fingerprint density at radius 3 is 2.60 bits per heavy atom. The van der Waals surface area contributed by atoms with Crippen LogP contribution in [-0.4, -0.2) is 39.6 Å². The molecule has 15 heavy (non-hydrogen) atoms. The number of ether oxygens (including phenoxy) is 1. The van der Waals surface area contributed by atoms with Crippen molar-refractivity contribution in [2.75, 3.05) is 13.2 Å². The third kappa shape index (κ3) is 3.16. The van der Waals surface area contributed by atoms with Crippen LogP contribution in [0.15, 0.2) is 18.3 Å². The van der Waals surface area contributed by atoms with E-state index in [2.05, 4.69) is 4.98 Å². The van der Waals surface area contributed by atoms with Crippen molar-refractivity contribution in [2.45, 2.75) is 19.1 Å². The Kier molecular flexibility index (Phi) is 4.48. The molecular formula is C10H15NO4. The molecule has 0 aromatic carbocycles. The first-order chi connectivity index (χ1) is 7.19. The summed E-state index contributed by atoms with van der Waals surface area (Å²) in [7, 11) is 0. The van der Waals surface area contributed by atoms with E-state index in [1.54, 1.807) is 12.1 Å². The predicted molar refractivity (Wildman–Crippen MR) is 53.5 cm³/mol. The highest BCUT2D eigenvalue weighted by Crippen LogP contribution is 2.17. The fourth-order valence-electron chi connectivity index (χ4n) is 1.12. The second kappa shape index (κ2) is 5.65. The summed E-state index contributed by atoms with van der Waals surface area (Å²) >= 11 is 0. The molecule has 5 nitrogen and oxygen atoms in total. The molecule has 5 heteroatoms. The van der Waals surface area contributed by atoms with Gasteiger partial charge in [0.05, 0.1) is 13.2 Å². The van der Waals surface area contributed by atoms with Gasteiger partial charge in [-0.15, -0.1) is 0 Å². The maximum atomic E-state index is 9.52. The molecule has 0 aliphatic carbocycles. The first-order valence-electron chi connectivity index (χ1n) is 4.74. The smallest absolute Gasteiger partial charge is 0.213 e. The lowest BCUT2D eigenvalue weighted by molar-refractivity contribution is -0.0154. The summed E-state index contributed by atoms with van der Waals surface area (Å²) in [6, 6.07) is 3.20. The molecule has 0 saturated heterocycles. The van der Waals surface area contributed by atoms with Crippen LogP contribution in [0.3, 0.4) is 0 Å². The average molecular weight is 213 g/mol. The molecule has 1 aromatic rings. The van der Waals surface area contributed by atoms with Crippen LogP contribution in [-0.2, 0) is 0 Å². The van der Waals surface area contributed by atoms with Gasteiger partial charge in [0.15, 0.2) is 0 Å². The first-order valence-corrected chi connectivity index (χ1v) is 4.74. The van der Waals surface area contributed by atoms with Gasteiger partial charge in [-0.25, -0.2) is 4.98 Å². The molecular weight excluding hydrogens is 198 g/mol. The standard InChI is InChI=1S/C10H15NO4/c1-2-15-9-4-3-7(5-11-9)10(14)8(13)6-12/h3-5,8,10,12-14H,2,6H2,1H3. The van der Waals surface area contributed by atoms with Gasteiger partial charge >= 0.3 is 0 Å². The molecule has 0 bridgehead atoms. The zero-order valence-electron chi connectivity index (χ0n) is 8.50. The molecule has 0 aliphatic heterocycles. The molecule has 3 N–H and O–H groups in total. The molecule has 1 heterocycles. The number of pyridine rings is 1. The molecule has 0 fully saturated rings. The molecule has 84 valence electrons. The van der Waals surface area contributed by atoms with E-state index < -0.39 is 18.8 Å². The van der Waals surface area contributed by atoms with Crippen molar-refractivity contribution in [1.82, 2.24) is 4.98 Å². The third-order valence-electron chi connectivity index (χ3n) is 1.94. The molecule has 2 atom stereocenters. The van der Waals surface area contributed by atoms with Crippen LogP contribution in [0.4, 0.5) is 0 Å². The van der Waals surface area contributed by atoms with Gasteiger partial charge in [0.2, 0.25) is 5.88 Å². The van der Waals surface area contributed by atoms with E-state index >= 15 is 0 Å². The highest BCUT2D eigenvalue weighted by molar-refractivity contribution is 5.20. The Morgan fingerprint density at radius 2 is 2.13 bits per heavy atom. The maximum absolute atomic E-state index is 9.52. The van der Waals surface area contributed by atoms with Gasteiger partial charge < -0.3 is 20.1 Å². The lowest BCUT2D eigenvalue weighted by Crippen LogP contribution is -2.22. The number of rotatable bonds is 5. The van der Waals surface area contributed by atoms with Gasteiger partial charge in [0, 0.05) is 17.8 Å². The predicted octanol–water partition coefficient (Wildman–Crippen LogP) is -0.133. The molecule has 0 aliphatic rings. The van der Waals surface area contributed by atoms with E-state index in [-0.39, 0.29) is 0 Å². The summed E-state index contributed by atoms with van der Waals surface area (Å²) < 4.78 is 5.12. The van der Waals surface area contributed by atoms with Crippen molar-refractivity contribution in [3.63, 3.8) is 0 Å². The second-order valence-corrected chi connectivity index (χ2v) is 3.06. The fourth-order valence-corrected chi connectivity index (χ4v) is 1.12. The largest absolute Gasteiger partial charge is 0.478 e. The van der Waals surface area contributed by atoms with Crippen LogP contribution in [0.25, 0.3) is 0 Å². The van der Waals surface area contributed by atoms with E-state index in [0.29, 0.717) is 18.1 Å². The van der Waals surface area contributed by atoms with Crippen molar-refractivity contribution in [3.05, 3.63) is 23.9 Å². The van der Waals surface area contributed by atoms with Crippen LogP contribution in [0.1, 0.15) is 18.6 Å². The minimum atomic E-state index is -1.19. The Labute approximate surface area is 88.0 Å². The Balaban J connectivity index is 2.70. The van der Waals surface area contributed by atoms with Gasteiger partial charge in [-0.2, -0.15) is 0 Å². The van der Waals surface area contributed by atoms with Crippen molar-refractivity contribution in [3.8, 4) is 5.88 Å². The lowest BCUT2D eigenvalue weighted by atomic mass is 10.1. The first kappa shape index (κ1) is 11.9. The Morgan fingerprint density at radius 1 is 1.40 bits per heavy atom. The minimum Gasteiger partial charge on any atom is -0.478 e. The van der Waals surface area contributed by atoms with Crippen LogP contribution in [0.2, 0.25) is 0 Å². The average Bonchev–Trinajstić information content (AvgIpc) is 2.28. The number of aliphatic hydroxyl groups excluding tert-OH is 3. The van der Waals surface area contributed by atoms with Gasteiger partial charge in [0.1, 0.15) is 12.2 Å². The molecule has 0 spiro atoms. The number of nitrogens with zero attached hydrogens (tertiary/aromatic N) is 1. The summed E-state index contributed by atoms with van der Waals surface area (Å²) in [6.45, 7) is 1.88. The van der Waals surface area contributed by atoms with Crippen molar-refractivity contribution < 1.29 is 20.1 Å². The summed E-state index contributed by atoms with van der Waals surface area (Å²) in [6.07, 6.45) is -0.905. The van der Waals surface area contributed by atoms with E-state index in [9.17, 15) is 10.2 Å². The van der Waals surface area contributed by atoms with Crippen LogP contribution >= 0.6 is 0 Å². The van der Waals surface area contributed by atoms with Crippen LogP contribution < -0.4 is 4.74 Å². The second-order valence-electron chi connectivity index (χ2n) is 3.06. The molecule has 0 saturated carbocycles. The van der Waals surface area contributed by atoms with Crippen molar-refractivity contribution >= 4 is 0 Å². The zero-order valence-corrected chi connectivity index (χ0v) is 8.50. The quantitative estimate of drug-likeness (QED) is 0.634. The zero-order chi connectivity index (χ0) is 11.3. The Bertz CT molecular complexity index is 288. The fraction of sp³-hybridized carbons (Fsp3) is 0.500. The van der Waals surface area contributed by atoms with E-state index in [4.69, 9.17) is 9.84 Å². The van der Waals surface area contributed by atoms with Crippen molar-refractivity contribution in [1.29, 1.82) is 0 Å². The number of aromatic nitrogens is 1. The molecule has 1 rings (SSSR count). The normalized spacial score (nSPS) is 14.7. The highest BCUT2D eigenvalue weighted by Gasteiger charge is 2.17. The summed E-state index contributed by atoms with van der Waals surface area (Å²) in [4.78, 5) is 3.93. The van der Waals surface area contributed by atoms with Crippen LogP contribution in [0, 0.1) is 0 Å². The number of aliphatic hydroxyl groups is 3. The molecule has 0 radical (unpaired) electrons.